The summed E-state index contributed by atoms with van der Waals surface area (Å²) in [5.41, 5.74) is 7.83. The Morgan fingerprint density at radius 3 is 2.78 bits per heavy atom. The topological polar surface area (TPSA) is 43.3 Å². The monoisotopic (exact) mass is 265 g/mol. The number of pyridine rings is 1. The summed E-state index contributed by atoms with van der Waals surface area (Å²) in [4.78, 5) is 4.54. The average Bonchev–Trinajstić information content (AvgIpc) is 2.69. The number of fused-ring (bicyclic) bond motifs is 1. The van der Waals surface area contributed by atoms with Gasteiger partial charge in [0.1, 0.15) is 5.82 Å². The number of unbranched alkanes of at least 4 members (excludes halogenated alkanes) is 4. The van der Waals surface area contributed by atoms with Crippen LogP contribution in [0, 0.1) is 0 Å². The average molecular weight is 266 g/mol. The van der Waals surface area contributed by atoms with E-state index in [0.717, 1.165) is 30.0 Å². The van der Waals surface area contributed by atoms with Crippen molar-refractivity contribution in [3.63, 3.8) is 0 Å². The second-order valence-electron chi connectivity index (χ2n) is 4.66. The molecule has 0 bridgehead atoms. The summed E-state index contributed by atoms with van der Waals surface area (Å²) in [6, 6.07) is 3.73. The van der Waals surface area contributed by atoms with Crippen LogP contribution in [0.1, 0.15) is 44.7 Å². The molecule has 0 atom stereocenters. The number of aryl methyl sites for hydroxylation is 1. The fourth-order valence-corrected chi connectivity index (χ4v) is 2.39. The van der Waals surface area contributed by atoms with E-state index >= 15 is 0 Å². The van der Waals surface area contributed by atoms with Crippen molar-refractivity contribution in [1.82, 2.24) is 9.38 Å². The Balaban J connectivity index is 2.05. The van der Waals surface area contributed by atoms with Crippen molar-refractivity contribution in [2.75, 3.05) is 5.73 Å². The molecule has 0 unspecified atom stereocenters. The van der Waals surface area contributed by atoms with Crippen molar-refractivity contribution in [3.8, 4) is 0 Å². The number of nitrogens with two attached hydrogens (primary N) is 1. The van der Waals surface area contributed by atoms with Crippen LogP contribution in [0.25, 0.3) is 5.65 Å². The minimum Gasteiger partial charge on any atom is -0.383 e. The predicted molar refractivity (Wildman–Crippen MR) is 77.1 cm³/mol. The Kier molecular flexibility index (Phi) is 4.48. The van der Waals surface area contributed by atoms with E-state index in [1.807, 2.05) is 22.7 Å². The summed E-state index contributed by atoms with van der Waals surface area (Å²) in [6.07, 6.45) is 9.11. The lowest BCUT2D eigenvalue weighted by Gasteiger charge is -2.00. The molecule has 0 saturated heterocycles. The third-order valence-electron chi connectivity index (χ3n) is 3.23. The first kappa shape index (κ1) is 13.2. The molecule has 0 aromatic carbocycles. The van der Waals surface area contributed by atoms with Gasteiger partial charge in [-0.3, -0.25) is 4.40 Å². The SMILES string of the molecule is CCCCCCCc1nc2c(Cl)cccn2c1N. The van der Waals surface area contributed by atoms with Crippen molar-refractivity contribution in [2.45, 2.75) is 45.4 Å². The van der Waals surface area contributed by atoms with Crippen LogP contribution in [-0.2, 0) is 6.42 Å². The molecule has 2 N–H and O–H groups in total. The van der Waals surface area contributed by atoms with E-state index in [1.54, 1.807) is 0 Å². The number of imidazole rings is 1. The van der Waals surface area contributed by atoms with Gasteiger partial charge >= 0.3 is 0 Å². The first-order chi connectivity index (χ1) is 8.74. The van der Waals surface area contributed by atoms with Crippen LogP contribution in [0.5, 0.6) is 0 Å². The third-order valence-corrected chi connectivity index (χ3v) is 3.53. The van der Waals surface area contributed by atoms with Crippen LogP contribution < -0.4 is 5.73 Å². The lowest BCUT2D eigenvalue weighted by atomic mass is 10.1. The first-order valence-corrected chi connectivity index (χ1v) is 7.02. The van der Waals surface area contributed by atoms with Gasteiger partial charge in [-0.1, -0.05) is 44.2 Å². The minimum absolute atomic E-state index is 0.654. The molecule has 3 nitrogen and oxygen atoms in total. The molecule has 98 valence electrons. The molecule has 0 aliphatic carbocycles. The fraction of sp³-hybridized carbons (Fsp3) is 0.500. The van der Waals surface area contributed by atoms with Gasteiger partial charge in [0, 0.05) is 6.20 Å². The van der Waals surface area contributed by atoms with E-state index in [4.69, 9.17) is 17.3 Å². The van der Waals surface area contributed by atoms with Gasteiger partial charge in [0.05, 0.1) is 10.7 Å². The summed E-state index contributed by atoms with van der Waals surface area (Å²) in [6.45, 7) is 2.22. The van der Waals surface area contributed by atoms with Gasteiger partial charge in [-0.05, 0) is 25.0 Å². The lowest BCUT2D eigenvalue weighted by Crippen LogP contribution is -1.96. The number of hydrogen-bond acceptors (Lipinski definition) is 2. The normalized spacial score (nSPS) is 11.2. The van der Waals surface area contributed by atoms with Gasteiger partial charge in [-0.25, -0.2) is 4.98 Å². The number of nitrogens with zero attached hydrogens (tertiary/aromatic N) is 2. The molecule has 2 rings (SSSR count). The van der Waals surface area contributed by atoms with E-state index in [9.17, 15) is 0 Å². The van der Waals surface area contributed by atoms with E-state index in [0.29, 0.717) is 5.02 Å². The Hall–Kier alpha value is -1.22. The molecule has 0 fully saturated rings. The number of halogens is 1. The van der Waals surface area contributed by atoms with Crippen molar-refractivity contribution in [3.05, 3.63) is 29.0 Å². The first-order valence-electron chi connectivity index (χ1n) is 6.65. The number of aromatic nitrogens is 2. The number of nitrogen functional groups attached to an aromatic ring is 1. The van der Waals surface area contributed by atoms with E-state index < -0.39 is 0 Å². The molecule has 0 amide bonds. The van der Waals surface area contributed by atoms with E-state index in [-0.39, 0.29) is 0 Å². The number of hydrogen-bond donors (Lipinski definition) is 1. The zero-order chi connectivity index (χ0) is 13.0. The smallest absolute Gasteiger partial charge is 0.157 e. The second kappa shape index (κ2) is 6.10. The van der Waals surface area contributed by atoms with Crippen LogP contribution in [0.3, 0.4) is 0 Å². The molecule has 0 saturated carbocycles. The lowest BCUT2D eigenvalue weighted by molar-refractivity contribution is 0.629. The Morgan fingerprint density at radius 2 is 2.06 bits per heavy atom. The predicted octanol–water partition coefficient (Wildman–Crippen LogP) is 4.08. The minimum atomic E-state index is 0.654. The summed E-state index contributed by atoms with van der Waals surface area (Å²) in [5.74, 6) is 0.725. The molecular weight excluding hydrogens is 246 g/mol. The van der Waals surface area contributed by atoms with Crippen LogP contribution >= 0.6 is 11.6 Å². The zero-order valence-corrected chi connectivity index (χ0v) is 11.6. The molecule has 18 heavy (non-hydrogen) atoms. The quantitative estimate of drug-likeness (QED) is 0.800. The standard InChI is InChI=1S/C14H20ClN3/c1-2-3-4-5-6-9-12-13(16)18-10-7-8-11(15)14(18)17-12/h7-8,10H,2-6,9,16H2,1H3. The molecule has 0 aliphatic heterocycles. The second-order valence-corrected chi connectivity index (χ2v) is 5.06. The highest BCUT2D eigenvalue weighted by atomic mass is 35.5. The summed E-state index contributed by atoms with van der Waals surface area (Å²) >= 11 is 6.11. The number of anilines is 1. The van der Waals surface area contributed by atoms with Gasteiger partial charge in [-0.2, -0.15) is 0 Å². The van der Waals surface area contributed by atoms with Gasteiger partial charge in [0.15, 0.2) is 5.65 Å². The largest absolute Gasteiger partial charge is 0.383 e. The highest BCUT2D eigenvalue weighted by molar-refractivity contribution is 6.33. The molecule has 2 aromatic rings. The number of rotatable bonds is 6. The van der Waals surface area contributed by atoms with E-state index in [1.165, 1.54) is 25.7 Å². The maximum atomic E-state index is 6.11. The summed E-state index contributed by atoms with van der Waals surface area (Å²) < 4.78 is 1.86. The van der Waals surface area contributed by atoms with Crippen molar-refractivity contribution >= 4 is 23.1 Å². The molecule has 2 heterocycles. The van der Waals surface area contributed by atoms with Crippen LogP contribution in [0.2, 0.25) is 5.02 Å². The maximum Gasteiger partial charge on any atom is 0.157 e. The molecule has 4 heteroatoms. The van der Waals surface area contributed by atoms with Crippen LogP contribution in [0.15, 0.2) is 18.3 Å². The van der Waals surface area contributed by atoms with Crippen LogP contribution in [-0.4, -0.2) is 9.38 Å². The maximum absolute atomic E-state index is 6.11. The van der Waals surface area contributed by atoms with Gasteiger partial charge < -0.3 is 5.73 Å². The Bertz CT molecular complexity index is 519. The highest BCUT2D eigenvalue weighted by Crippen LogP contribution is 2.22. The summed E-state index contributed by atoms with van der Waals surface area (Å²) in [7, 11) is 0. The molecule has 0 radical (unpaired) electrons. The van der Waals surface area contributed by atoms with E-state index in [2.05, 4.69) is 11.9 Å². The Morgan fingerprint density at radius 1 is 1.28 bits per heavy atom. The van der Waals surface area contributed by atoms with Crippen molar-refractivity contribution < 1.29 is 0 Å². The molecule has 0 spiro atoms. The zero-order valence-electron chi connectivity index (χ0n) is 10.8. The van der Waals surface area contributed by atoms with Gasteiger partial charge in [0.2, 0.25) is 0 Å². The van der Waals surface area contributed by atoms with Crippen LogP contribution in [0.4, 0.5) is 5.82 Å². The molecule has 0 aliphatic rings. The Labute approximate surface area is 113 Å². The van der Waals surface area contributed by atoms with Gasteiger partial charge in [0.25, 0.3) is 0 Å². The van der Waals surface area contributed by atoms with Crippen molar-refractivity contribution in [1.29, 1.82) is 0 Å². The highest BCUT2D eigenvalue weighted by Gasteiger charge is 2.10. The third kappa shape index (κ3) is 2.78. The van der Waals surface area contributed by atoms with Crippen molar-refractivity contribution in [2.24, 2.45) is 0 Å². The summed E-state index contributed by atoms with van der Waals surface area (Å²) in [5, 5.41) is 0.654. The van der Waals surface area contributed by atoms with Gasteiger partial charge in [-0.15, -0.1) is 0 Å². The molecular formula is C14H20ClN3. The fourth-order valence-electron chi connectivity index (χ4n) is 2.18. The molecule has 2 aromatic heterocycles.